The van der Waals surface area contributed by atoms with E-state index in [2.05, 4.69) is 23.5 Å². The number of rotatable bonds is 6. The first kappa shape index (κ1) is 18.2. The summed E-state index contributed by atoms with van der Waals surface area (Å²) in [6, 6.07) is 0. The molecule has 5 N–H and O–H groups in total. The predicted molar refractivity (Wildman–Crippen MR) is 92.1 cm³/mol. The molecule has 0 spiro atoms. The smallest absolute Gasteiger partial charge is 0.234 e. The van der Waals surface area contributed by atoms with E-state index in [1.807, 2.05) is 0 Å². The van der Waals surface area contributed by atoms with Crippen LogP contribution in [-0.4, -0.2) is 63.0 Å². The van der Waals surface area contributed by atoms with E-state index >= 15 is 0 Å². The summed E-state index contributed by atoms with van der Waals surface area (Å²) in [4.78, 5) is 10.5. The van der Waals surface area contributed by atoms with Crippen molar-refractivity contribution in [1.82, 2.24) is 9.97 Å². The minimum absolute atomic E-state index is 0.0253. The van der Waals surface area contributed by atoms with Crippen molar-refractivity contribution in [2.24, 2.45) is 0 Å². The molecule has 4 atom stereocenters. The normalized spacial score (nSPS) is 28.5. The van der Waals surface area contributed by atoms with Crippen molar-refractivity contribution in [3.05, 3.63) is 11.6 Å². The molecular formula is C15H22N4O5S. The molecule has 10 heteroatoms. The van der Waals surface area contributed by atoms with Gasteiger partial charge < -0.3 is 30.5 Å². The lowest BCUT2D eigenvalue weighted by atomic mass is 10.1. The summed E-state index contributed by atoms with van der Waals surface area (Å²) in [5, 5.41) is 30.1. The molecule has 2 aliphatic heterocycles. The molecule has 1 fully saturated rings. The Morgan fingerprint density at radius 3 is 2.76 bits per heavy atom. The number of fused-ring (bicyclic) bond motifs is 1. The second-order valence-electron chi connectivity index (χ2n) is 5.84. The van der Waals surface area contributed by atoms with E-state index in [9.17, 15) is 15.3 Å². The van der Waals surface area contributed by atoms with Crippen LogP contribution in [0.4, 0.5) is 11.8 Å². The summed E-state index contributed by atoms with van der Waals surface area (Å²) in [7, 11) is 0. The van der Waals surface area contributed by atoms with Crippen LogP contribution in [0.15, 0.2) is 16.5 Å². The predicted octanol–water partition coefficient (Wildman–Crippen LogP) is 0.0600. The number of nitrogen functional groups attached to an aromatic ring is 1. The van der Waals surface area contributed by atoms with E-state index in [1.165, 1.54) is 11.8 Å². The molecule has 3 rings (SSSR count). The summed E-state index contributed by atoms with van der Waals surface area (Å²) < 4.78 is 11.3. The number of nitrogens with zero attached hydrogens (tertiary/aromatic N) is 3. The van der Waals surface area contributed by atoms with E-state index < -0.39 is 31.1 Å². The van der Waals surface area contributed by atoms with E-state index in [0.717, 1.165) is 12.8 Å². The Hall–Kier alpha value is -1.59. The Labute approximate surface area is 149 Å². The molecule has 0 saturated carbocycles. The van der Waals surface area contributed by atoms with Crippen molar-refractivity contribution in [1.29, 1.82) is 0 Å². The molecule has 2 aliphatic rings. The number of hydrogen-bond donors (Lipinski definition) is 4. The Morgan fingerprint density at radius 1 is 1.36 bits per heavy atom. The van der Waals surface area contributed by atoms with E-state index in [-0.39, 0.29) is 5.95 Å². The zero-order valence-corrected chi connectivity index (χ0v) is 14.6. The fourth-order valence-corrected chi connectivity index (χ4v) is 3.69. The number of nitrogens with two attached hydrogens (primary N) is 1. The minimum Gasteiger partial charge on any atom is -0.477 e. The minimum atomic E-state index is -1.24. The SMILES string of the molecule is C=C1Sc2c(OCCCC)nc(N)nc2N1[C@@H]1O[C@H](CO)[C@@H](O)[C@H]1O. The third-order valence-corrected chi connectivity index (χ3v) is 5.05. The Morgan fingerprint density at radius 2 is 2.12 bits per heavy atom. The van der Waals surface area contributed by atoms with Crippen molar-refractivity contribution in [2.45, 2.75) is 49.2 Å². The molecule has 0 radical (unpaired) electrons. The molecule has 0 bridgehead atoms. The van der Waals surface area contributed by atoms with Crippen molar-refractivity contribution in [3.63, 3.8) is 0 Å². The first-order valence-electron chi connectivity index (χ1n) is 8.06. The van der Waals surface area contributed by atoms with Crippen LogP contribution in [0.5, 0.6) is 5.88 Å². The number of unbranched alkanes of at least 4 members (excludes halogenated alkanes) is 1. The average molecular weight is 370 g/mol. The molecule has 1 saturated heterocycles. The number of hydrogen-bond acceptors (Lipinski definition) is 10. The van der Waals surface area contributed by atoms with Gasteiger partial charge in [0.05, 0.1) is 18.2 Å². The molecule has 0 unspecified atom stereocenters. The number of aromatic nitrogens is 2. The maximum atomic E-state index is 10.3. The van der Waals surface area contributed by atoms with Crippen molar-refractivity contribution >= 4 is 23.5 Å². The van der Waals surface area contributed by atoms with Crippen LogP contribution >= 0.6 is 11.8 Å². The van der Waals surface area contributed by atoms with Gasteiger partial charge in [0.15, 0.2) is 12.0 Å². The average Bonchev–Trinajstić information content (AvgIpc) is 3.05. The van der Waals surface area contributed by atoms with Crippen LogP contribution in [0, 0.1) is 0 Å². The van der Waals surface area contributed by atoms with E-state index in [1.54, 1.807) is 4.90 Å². The van der Waals surface area contributed by atoms with Gasteiger partial charge in [-0.1, -0.05) is 31.7 Å². The summed E-state index contributed by atoms with van der Waals surface area (Å²) in [6.07, 6.45) is -2.41. The first-order chi connectivity index (χ1) is 12.0. The van der Waals surface area contributed by atoms with Crippen LogP contribution < -0.4 is 15.4 Å². The molecule has 1 aromatic heterocycles. The molecule has 0 aliphatic carbocycles. The maximum absolute atomic E-state index is 10.3. The van der Waals surface area contributed by atoms with Crippen LogP contribution in [0.2, 0.25) is 0 Å². The lowest BCUT2D eigenvalue weighted by Gasteiger charge is -2.27. The highest BCUT2D eigenvalue weighted by Crippen LogP contribution is 2.50. The summed E-state index contributed by atoms with van der Waals surface area (Å²) in [5.74, 6) is 0.789. The number of anilines is 2. The third-order valence-electron chi connectivity index (χ3n) is 4.06. The number of thioether (sulfide) groups is 1. The second kappa shape index (κ2) is 7.34. The highest BCUT2D eigenvalue weighted by Gasteiger charge is 2.49. The van der Waals surface area contributed by atoms with Crippen molar-refractivity contribution in [3.8, 4) is 5.88 Å². The van der Waals surface area contributed by atoms with Gasteiger partial charge in [0.2, 0.25) is 11.8 Å². The highest BCUT2D eigenvalue weighted by molar-refractivity contribution is 8.03. The van der Waals surface area contributed by atoms with Gasteiger partial charge in [-0.05, 0) is 6.42 Å². The maximum Gasteiger partial charge on any atom is 0.234 e. The number of aliphatic hydroxyl groups is 3. The van der Waals surface area contributed by atoms with Gasteiger partial charge in [-0.15, -0.1) is 0 Å². The molecule has 0 amide bonds. The van der Waals surface area contributed by atoms with Gasteiger partial charge in [-0.3, -0.25) is 4.90 Å². The summed E-state index contributed by atoms with van der Waals surface area (Å²) >= 11 is 1.28. The van der Waals surface area contributed by atoms with Gasteiger partial charge >= 0.3 is 0 Å². The quantitative estimate of drug-likeness (QED) is 0.509. The van der Waals surface area contributed by atoms with Gasteiger partial charge in [0.1, 0.15) is 23.2 Å². The van der Waals surface area contributed by atoms with Crippen LogP contribution in [0.3, 0.4) is 0 Å². The highest BCUT2D eigenvalue weighted by atomic mass is 32.2. The Bertz CT molecular complexity index is 661. The zero-order valence-electron chi connectivity index (χ0n) is 13.8. The molecule has 0 aromatic carbocycles. The second-order valence-corrected chi connectivity index (χ2v) is 6.92. The van der Waals surface area contributed by atoms with Crippen LogP contribution in [0.25, 0.3) is 0 Å². The molecule has 3 heterocycles. The Kier molecular flexibility index (Phi) is 5.35. The summed E-state index contributed by atoms with van der Waals surface area (Å²) in [6.45, 7) is 6.11. The topological polar surface area (TPSA) is 134 Å². The monoisotopic (exact) mass is 370 g/mol. The van der Waals surface area contributed by atoms with Gasteiger partial charge in [0.25, 0.3) is 0 Å². The van der Waals surface area contributed by atoms with Crippen molar-refractivity contribution in [2.75, 3.05) is 23.8 Å². The van der Waals surface area contributed by atoms with Crippen LogP contribution in [-0.2, 0) is 4.74 Å². The molecular weight excluding hydrogens is 348 g/mol. The lowest BCUT2D eigenvalue weighted by Crippen LogP contribution is -2.42. The number of ether oxygens (including phenoxy) is 2. The number of aliphatic hydroxyl groups excluding tert-OH is 3. The standard InChI is InChI=1S/C15H22N4O5S/c1-3-4-5-23-13-11-12(17-15(16)18-13)19(7(2)25-11)14-10(22)9(21)8(6-20)24-14/h8-10,14,20-22H,2-6H2,1H3,(H2,16,17,18)/t8-,9-,10-,14-/m1/s1. The molecule has 9 nitrogen and oxygen atoms in total. The van der Waals surface area contributed by atoms with Gasteiger partial charge in [-0.25, -0.2) is 0 Å². The molecule has 25 heavy (non-hydrogen) atoms. The van der Waals surface area contributed by atoms with Crippen LogP contribution in [0.1, 0.15) is 19.8 Å². The molecule has 1 aromatic rings. The third kappa shape index (κ3) is 3.27. The van der Waals surface area contributed by atoms with E-state index in [4.69, 9.17) is 15.2 Å². The lowest BCUT2D eigenvalue weighted by molar-refractivity contribution is -0.0205. The van der Waals surface area contributed by atoms with E-state index in [0.29, 0.717) is 28.2 Å². The fraction of sp³-hybridized carbons (Fsp3) is 0.600. The Balaban J connectivity index is 1.91. The van der Waals surface area contributed by atoms with Gasteiger partial charge in [-0.2, -0.15) is 9.97 Å². The largest absolute Gasteiger partial charge is 0.477 e. The van der Waals surface area contributed by atoms with Gasteiger partial charge in [0, 0.05) is 0 Å². The fourth-order valence-electron chi connectivity index (χ4n) is 2.74. The zero-order chi connectivity index (χ0) is 18.1. The summed E-state index contributed by atoms with van der Waals surface area (Å²) in [5.41, 5.74) is 5.80. The first-order valence-corrected chi connectivity index (χ1v) is 8.88. The van der Waals surface area contributed by atoms with Crippen molar-refractivity contribution < 1.29 is 24.8 Å². The molecule has 138 valence electrons.